The molecule has 0 amide bonds. The smallest absolute Gasteiger partial charge is 0.261 e. The number of hydrogen-bond acceptors (Lipinski definition) is 6. The van der Waals surface area contributed by atoms with Crippen LogP contribution in [0.2, 0.25) is 0 Å². The molecule has 0 saturated carbocycles. The third kappa shape index (κ3) is 2.78. The van der Waals surface area contributed by atoms with Crippen LogP contribution in [0.3, 0.4) is 0 Å². The van der Waals surface area contributed by atoms with E-state index in [-0.39, 0.29) is 5.75 Å². The Morgan fingerprint density at radius 1 is 1.44 bits per heavy atom. The minimum Gasteiger partial charge on any atom is -0.507 e. The highest BCUT2D eigenvalue weighted by Gasteiger charge is 2.12. The fraction of sp³-hybridized carbons (Fsp3) is 0.333. The molecule has 0 unspecified atom stereocenters. The van der Waals surface area contributed by atoms with Crippen molar-refractivity contribution >= 4 is 5.69 Å². The molecule has 2 rings (SSSR count). The van der Waals surface area contributed by atoms with Gasteiger partial charge in [0.1, 0.15) is 5.75 Å². The Kier molecular flexibility index (Phi) is 3.78. The van der Waals surface area contributed by atoms with Crippen molar-refractivity contribution in [2.75, 3.05) is 19.5 Å². The van der Waals surface area contributed by atoms with Crippen LogP contribution < -0.4 is 5.73 Å². The third-order valence-corrected chi connectivity index (χ3v) is 2.47. The maximum Gasteiger partial charge on any atom is 0.261 e. The van der Waals surface area contributed by atoms with Crippen molar-refractivity contribution in [3.05, 3.63) is 24.0 Å². The first-order valence-electron chi connectivity index (χ1n) is 5.61. The molecule has 6 heteroatoms. The van der Waals surface area contributed by atoms with E-state index in [1.807, 2.05) is 0 Å². The summed E-state index contributed by atoms with van der Waals surface area (Å²) in [6.07, 6.45) is 1.50. The first-order valence-corrected chi connectivity index (χ1v) is 5.61. The second-order valence-corrected chi connectivity index (χ2v) is 3.89. The van der Waals surface area contributed by atoms with Crippen molar-refractivity contribution < 1.29 is 14.4 Å². The van der Waals surface area contributed by atoms with E-state index in [9.17, 15) is 5.11 Å². The largest absolute Gasteiger partial charge is 0.507 e. The summed E-state index contributed by atoms with van der Waals surface area (Å²) in [5, 5.41) is 13.6. The SMILES string of the molecule is COCCCc1noc(-c2ccc(N)cc2O)n1. The molecule has 0 aliphatic heterocycles. The molecule has 96 valence electrons. The van der Waals surface area contributed by atoms with Crippen LogP contribution in [0.1, 0.15) is 12.2 Å². The molecule has 0 bridgehead atoms. The van der Waals surface area contributed by atoms with Crippen molar-refractivity contribution in [3.63, 3.8) is 0 Å². The monoisotopic (exact) mass is 249 g/mol. The summed E-state index contributed by atoms with van der Waals surface area (Å²) in [5.74, 6) is 0.917. The molecule has 1 heterocycles. The average molecular weight is 249 g/mol. The van der Waals surface area contributed by atoms with Crippen LogP contribution in [0.4, 0.5) is 5.69 Å². The van der Waals surface area contributed by atoms with Crippen LogP contribution in [-0.2, 0) is 11.2 Å². The van der Waals surface area contributed by atoms with Crippen LogP contribution in [0, 0.1) is 0 Å². The second kappa shape index (κ2) is 5.50. The Hall–Kier alpha value is -2.08. The Morgan fingerprint density at radius 2 is 2.28 bits per heavy atom. The van der Waals surface area contributed by atoms with Crippen molar-refractivity contribution in [2.24, 2.45) is 0 Å². The number of ether oxygens (including phenoxy) is 1. The summed E-state index contributed by atoms with van der Waals surface area (Å²) in [5.41, 5.74) is 6.51. The van der Waals surface area contributed by atoms with Crippen LogP contribution in [0.5, 0.6) is 5.75 Å². The highest BCUT2D eigenvalue weighted by Crippen LogP contribution is 2.29. The van der Waals surface area contributed by atoms with Crippen LogP contribution >= 0.6 is 0 Å². The number of phenols is 1. The van der Waals surface area contributed by atoms with Gasteiger partial charge >= 0.3 is 0 Å². The van der Waals surface area contributed by atoms with E-state index in [0.29, 0.717) is 36.0 Å². The molecule has 0 atom stereocenters. The number of aryl methyl sites for hydroxylation is 1. The van der Waals surface area contributed by atoms with Gasteiger partial charge in [-0.3, -0.25) is 0 Å². The first kappa shape index (κ1) is 12.4. The van der Waals surface area contributed by atoms with Gasteiger partial charge in [0.25, 0.3) is 5.89 Å². The lowest BCUT2D eigenvalue weighted by atomic mass is 10.2. The van der Waals surface area contributed by atoms with Gasteiger partial charge in [-0.1, -0.05) is 5.16 Å². The molecule has 0 aliphatic carbocycles. The van der Waals surface area contributed by atoms with Gasteiger partial charge in [0, 0.05) is 31.9 Å². The topological polar surface area (TPSA) is 94.4 Å². The lowest BCUT2D eigenvalue weighted by molar-refractivity contribution is 0.194. The summed E-state index contributed by atoms with van der Waals surface area (Å²) < 4.78 is 10.0. The number of anilines is 1. The molecule has 0 fully saturated rings. The van der Waals surface area contributed by atoms with E-state index in [2.05, 4.69) is 10.1 Å². The molecule has 2 aromatic rings. The minimum absolute atomic E-state index is 0.0297. The fourth-order valence-corrected chi connectivity index (χ4v) is 1.57. The van der Waals surface area contributed by atoms with Gasteiger partial charge in [-0.05, 0) is 18.6 Å². The highest BCUT2D eigenvalue weighted by molar-refractivity contribution is 5.66. The molecular formula is C12H15N3O3. The molecule has 1 aromatic carbocycles. The van der Waals surface area contributed by atoms with Crippen LogP contribution in [0.15, 0.2) is 22.7 Å². The molecule has 18 heavy (non-hydrogen) atoms. The zero-order chi connectivity index (χ0) is 13.0. The number of nitrogen functional groups attached to an aromatic ring is 1. The third-order valence-electron chi connectivity index (χ3n) is 2.47. The van der Waals surface area contributed by atoms with Crippen LogP contribution in [-0.4, -0.2) is 29.0 Å². The summed E-state index contributed by atoms with van der Waals surface area (Å²) >= 11 is 0. The number of methoxy groups -OCH3 is 1. The average Bonchev–Trinajstić information content (AvgIpc) is 2.78. The first-order chi connectivity index (χ1) is 8.70. The standard InChI is InChI=1S/C12H15N3O3/c1-17-6-2-3-11-14-12(18-15-11)9-5-4-8(13)7-10(9)16/h4-5,7,16H,2-3,6,13H2,1H3. The molecule has 0 saturated heterocycles. The Bertz CT molecular complexity index is 525. The highest BCUT2D eigenvalue weighted by atomic mass is 16.5. The van der Waals surface area contributed by atoms with Crippen molar-refractivity contribution in [2.45, 2.75) is 12.8 Å². The lowest BCUT2D eigenvalue weighted by Gasteiger charge is -1.99. The summed E-state index contributed by atoms with van der Waals surface area (Å²) in [6.45, 7) is 0.650. The van der Waals surface area contributed by atoms with Gasteiger partial charge in [0.15, 0.2) is 5.82 Å². The number of hydrogen-bond donors (Lipinski definition) is 2. The molecule has 0 spiro atoms. The minimum atomic E-state index is 0.0297. The second-order valence-electron chi connectivity index (χ2n) is 3.89. The maximum atomic E-state index is 9.74. The van der Waals surface area contributed by atoms with Crippen molar-refractivity contribution in [3.8, 4) is 17.2 Å². The number of nitrogens with zero attached hydrogens (tertiary/aromatic N) is 2. The van der Waals surface area contributed by atoms with Gasteiger partial charge in [-0.15, -0.1) is 0 Å². The summed E-state index contributed by atoms with van der Waals surface area (Å²) in [7, 11) is 1.65. The van der Waals surface area contributed by atoms with Crippen molar-refractivity contribution in [1.29, 1.82) is 0 Å². The normalized spacial score (nSPS) is 10.7. The van der Waals surface area contributed by atoms with Gasteiger partial charge in [-0.25, -0.2) is 0 Å². The predicted molar refractivity (Wildman–Crippen MR) is 66.0 cm³/mol. The van der Waals surface area contributed by atoms with Crippen LogP contribution in [0.25, 0.3) is 11.5 Å². The summed E-state index contributed by atoms with van der Waals surface area (Å²) in [4.78, 5) is 4.21. The van der Waals surface area contributed by atoms with E-state index in [1.165, 1.54) is 6.07 Å². The molecule has 0 aliphatic rings. The fourth-order valence-electron chi connectivity index (χ4n) is 1.57. The number of rotatable bonds is 5. The van der Waals surface area contributed by atoms with Gasteiger partial charge in [-0.2, -0.15) is 4.98 Å². The van der Waals surface area contributed by atoms with E-state index in [4.69, 9.17) is 15.0 Å². The van der Waals surface area contributed by atoms with Crippen molar-refractivity contribution in [1.82, 2.24) is 10.1 Å². The number of aromatic hydroxyl groups is 1. The molecular weight excluding hydrogens is 234 g/mol. The number of aromatic nitrogens is 2. The Morgan fingerprint density at radius 3 is 3.00 bits per heavy atom. The van der Waals surface area contributed by atoms with Gasteiger partial charge in [0.2, 0.25) is 0 Å². The molecule has 0 radical (unpaired) electrons. The van der Waals surface area contributed by atoms with E-state index < -0.39 is 0 Å². The quantitative estimate of drug-likeness (QED) is 0.617. The zero-order valence-electron chi connectivity index (χ0n) is 10.1. The lowest BCUT2D eigenvalue weighted by Crippen LogP contribution is -1.94. The summed E-state index contributed by atoms with van der Waals surface area (Å²) in [6, 6.07) is 4.77. The number of benzene rings is 1. The zero-order valence-corrected chi connectivity index (χ0v) is 10.1. The predicted octanol–water partition coefficient (Wildman–Crippen LogP) is 1.60. The number of nitrogens with two attached hydrogens (primary N) is 1. The van der Waals surface area contributed by atoms with E-state index in [1.54, 1.807) is 19.2 Å². The molecule has 1 aromatic heterocycles. The molecule has 6 nitrogen and oxygen atoms in total. The van der Waals surface area contributed by atoms with Gasteiger partial charge < -0.3 is 20.1 Å². The maximum absolute atomic E-state index is 9.74. The Balaban J connectivity index is 2.13. The van der Waals surface area contributed by atoms with E-state index in [0.717, 1.165) is 6.42 Å². The number of phenolic OH excluding ortho intramolecular Hbond substituents is 1. The van der Waals surface area contributed by atoms with E-state index >= 15 is 0 Å². The Labute approximate surface area is 104 Å². The van der Waals surface area contributed by atoms with Gasteiger partial charge in [0.05, 0.1) is 5.56 Å². The molecule has 3 N–H and O–H groups in total.